The Kier molecular flexibility index (Phi) is 5.32. The van der Waals surface area contributed by atoms with E-state index in [1.807, 2.05) is 54.6 Å². The summed E-state index contributed by atoms with van der Waals surface area (Å²) in [5.74, 6) is -1.38. The molecule has 0 aliphatic carbocycles. The van der Waals surface area contributed by atoms with Gasteiger partial charge in [-0.25, -0.2) is 4.79 Å². The topological polar surface area (TPSA) is 66.4 Å². The molecule has 1 amide bonds. The van der Waals surface area contributed by atoms with Crippen molar-refractivity contribution >= 4 is 33.4 Å². The maximum Gasteiger partial charge on any atom is 0.326 e. The number of amides is 1. The van der Waals surface area contributed by atoms with Crippen molar-refractivity contribution in [2.45, 2.75) is 25.3 Å². The molecule has 4 nitrogen and oxygen atoms in total. The van der Waals surface area contributed by atoms with E-state index in [1.165, 1.54) is 0 Å². The second kappa shape index (κ2) is 7.83. The molecule has 0 saturated carbocycles. The second-order valence-electron chi connectivity index (χ2n) is 6.28. The van der Waals surface area contributed by atoms with Gasteiger partial charge in [0.15, 0.2) is 0 Å². The molecular formula is C22H21NO3. The second-order valence-corrected chi connectivity index (χ2v) is 6.28. The van der Waals surface area contributed by atoms with E-state index in [4.69, 9.17) is 0 Å². The number of aliphatic carboxylic acids is 1. The van der Waals surface area contributed by atoms with Crippen molar-refractivity contribution in [2.75, 3.05) is 0 Å². The lowest BCUT2D eigenvalue weighted by molar-refractivity contribution is -0.139. The third-order valence-corrected chi connectivity index (χ3v) is 4.50. The highest BCUT2D eigenvalue weighted by atomic mass is 16.4. The van der Waals surface area contributed by atoms with Crippen LogP contribution in [-0.4, -0.2) is 23.0 Å². The average molecular weight is 347 g/mol. The van der Waals surface area contributed by atoms with Gasteiger partial charge in [-0.15, -0.1) is 6.58 Å². The van der Waals surface area contributed by atoms with Crippen LogP contribution in [0.3, 0.4) is 0 Å². The summed E-state index contributed by atoms with van der Waals surface area (Å²) in [5, 5.41) is 15.7. The SMILES string of the molecule is C=CCCC[C@@H](NC(=O)c1c2ccccc2cc2ccccc12)C(=O)O. The largest absolute Gasteiger partial charge is 0.480 e. The van der Waals surface area contributed by atoms with Gasteiger partial charge in [0.05, 0.1) is 5.56 Å². The summed E-state index contributed by atoms with van der Waals surface area (Å²) >= 11 is 0. The number of carbonyl (C=O) groups excluding carboxylic acids is 1. The molecule has 4 heteroatoms. The van der Waals surface area contributed by atoms with Crippen molar-refractivity contribution in [3.8, 4) is 0 Å². The first-order valence-electron chi connectivity index (χ1n) is 8.67. The molecule has 132 valence electrons. The van der Waals surface area contributed by atoms with Gasteiger partial charge in [0.1, 0.15) is 6.04 Å². The fourth-order valence-electron chi connectivity index (χ4n) is 3.21. The minimum atomic E-state index is -1.02. The lowest BCUT2D eigenvalue weighted by Gasteiger charge is -2.16. The van der Waals surface area contributed by atoms with Gasteiger partial charge in [-0.05, 0) is 46.9 Å². The van der Waals surface area contributed by atoms with Crippen LogP contribution in [0.15, 0.2) is 67.3 Å². The quantitative estimate of drug-likeness (QED) is 0.375. The van der Waals surface area contributed by atoms with Crippen molar-refractivity contribution in [1.82, 2.24) is 5.32 Å². The summed E-state index contributed by atoms with van der Waals surface area (Å²) in [6, 6.07) is 16.4. The highest BCUT2D eigenvalue weighted by Gasteiger charge is 2.22. The van der Waals surface area contributed by atoms with Gasteiger partial charge < -0.3 is 10.4 Å². The van der Waals surface area contributed by atoms with E-state index in [9.17, 15) is 14.7 Å². The third kappa shape index (κ3) is 3.59. The number of hydrogen-bond acceptors (Lipinski definition) is 2. The zero-order valence-corrected chi connectivity index (χ0v) is 14.4. The molecule has 0 bridgehead atoms. The zero-order chi connectivity index (χ0) is 18.5. The molecule has 0 radical (unpaired) electrons. The van der Waals surface area contributed by atoms with Gasteiger partial charge in [-0.3, -0.25) is 4.79 Å². The van der Waals surface area contributed by atoms with Crippen molar-refractivity contribution in [2.24, 2.45) is 0 Å². The molecule has 0 unspecified atom stereocenters. The molecule has 2 N–H and O–H groups in total. The molecule has 1 atom stereocenters. The Morgan fingerprint density at radius 2 is 1.62 bits per heavy atom. The van der Waals surface area contributed by atoms with E-state index in [1.54, 1.807) is 6.08 Å². The number of allylic oxidation sites excluding steroid dienone is 1. The monoisotopic (exact) mass is 347 g/mol. The minimum absolute atomic E-state index is 0.357. The highest BCUT2D eigenvalue weighted by molar-refractivity contribution is 6.18. The van der Waals surface area contributed by atoms with Crippen LogP contribution in [0.4, 0.5) is 0 Å². The molecule has 3 aromatic carbocycles. The van der Waals surface area contributed by atoms with E-state index in [2.05, 4.69) is 11.9 Å². The number of nitrogens with one attached hydrogen (secondary N) is 1. The molecule has 0 fully saturated rings. The summed E-state index contributed by atoms with van der Waals surface area (Å²) in [5.41, 5.74) is 0.522. The Hall–Kier alpha value is -3.14. The standard InChI is InChI=1S/C22H21NO3/c1-2-3-4-13-19(22(25)26)23-21(24)20-17-11-7-5-9-15(17)14-16-10-6-8-12-18(16)20/h2,5-12,14,19H,1,3-4,13H2,(H,23,24)(H,25,26)/t19-/m1/s1. The number of carboxylic acid groups (broad SMARTS) is 1. The molecular weight excluding hydrogens is 326 g/mol. The first-order chi connectivity index (χ1) is 12.6. The van der Waals surface area contributed by atoms with E-state index >= 15 is 0 Å². The summed E-state index contributed by atoms with van der Waals surface area (Å²) in [7, 11) is 0. The molecule has 0 aliphatic rings. The van der Waals surface area contributed by atoms with Crippen LogP contribution < -0.4 is 5.32 Å². The molecule has 0 aliphatic heterocycles. The minimum Gasteiger partial charge on any atom is -0.480 e. The lowest BCUT2D eigenvalue weighted by Crippen LogP contribution is -2.40. The van der Waals surface area contributed by atoms with Gasteiger partial charge in [0.2, 0.25) is 0 Å². The Balaban J connectivity index is 2.03. The van der Waals surface area contributed by atoms with Gasteiger partial charge in [-0.2, -0.15) is 0 Å². The molecule has 3 aromatic rings. The summed E-state index contributed by atoms with van der Waals surface area (Å²) in [6.07, 6.45) is 3.50. The highest BCUT2D eigenvalue weighted by Crippen LogP contribution is 2.28. The number of rotatable bonds is 7. The van der Waals surface area contributed by atoms with Gasteiger partial charge in [0, 0.05) is 0 Å². The molecule has 3 rings (SSSR count). The Labute approximate surface area is 152 Å². The van der Waals surface area contributed by atoms with Crippen LogP contribution in [0, 0.1) is 0 Å². The lowest BCUT2D eigenvalue weighted by atomic mass is 9.96. The molecule has 0 aromatic heterocycles. The van der Waals surface area contributed by atoms with Crippen LogP contribution in [0.25, 0.3) is 21.5 Å². The maximum absolute atomic E-state index is 13.0. The van der Waals surface area contributed by atoms with Gasteiger partial charge >= 0.3 is 5.97 Å². The third-order valence-electron chi connectivity index (χ3n) is 4.50. The van der Waals surface area contributed by atoms with E-state index in [0.29, 0.717) is 18.4 Å². The first-order valence-corrected chi connectivity index (χ1v) is 8.67. The number of hydrogen-bond donors (Lipinski definition) is 2. The van der Waals surface area contributed by atoms with Crippen LogP contribution in [0.1, 0.15) is 29.6 Å². The van der Waals surface area contributed by atoms with Crippen LogP contribution >= 0.6 is 0 Å². The fourth-order valence-corrected chi connectivity index (χ4v) is 3.21. The van der Waals surface area contributed by atoms with Crippen molar-refractivity contribution in [1.29, 1.82) is 0 Å². The van der Waals surface area contributed by atoms with Crippen LogP contribution in [0.2, 0.25) is 0 Å². The fraction of sp³-hybridized carbons (Fsp3) is 0.182. The molecule has 0 heterocycles. The van der Waals surface area contributed by atoms with Crippen molar-refractivity contribution in [3.63, 3.8) is 0 Å². The number of unbranched alkanes of at least 4 members (excludes halogenated alkanes) is 1. The summed E-state index contributed by atoms with van der Waals surface area (Å²) < 4.78 is 0. The van der Waals surface area contributed by atoms with Crippen molar-refractivity contribution < 1.29 is 14.7 Å². The average Bonchev–Trinajstić information content (AvgIpc) is 2.65. The zero-order valence-electron chi connectivity index (χ0n) is 14.4. The normalized spacial score (nSPS) is 12.0. The van der Waals surface area contributed by atoms with E-state index in [0.717, 1.165) is 28.0 Å². The summed E-state index contributed by atoms with van der Waals surface area (Å²) in [6.45, 7) is 3.64. The van der Waals surface area contributed by atoms with Gasteiger partial charge in [-0.1, -0.05) is 54.6 Å². The molecule has 26 heavy (non-hydrogen) atoms. The Bertz CT molecular complexity index is 923. The number of fused-ring (bicyclic) bond motifs is 2. The Morgan fingerprint density at radius 1 is 1.04 bits per heavy atom. The molecule has 0 spiro atoms. The van der Waals surface area contributed by atoms with Gasteiger partial charge in [0.25, 0.3) is 5.91 Å². The summed E-state index contributed by atoms with van der Waals surface area (Å²) in [4.78, 5) is 24.6. The smallest absolute Gasteiger partial charge is 0.326 e. The van der Waals surface area contributed by atoms with E-state index in [-0.39, 0.29) is 5.91 Å². The Morgan fingerprint density at radius 3 is 2.15 bits per heavy atom. The van der Waals surface area contributed by atoms with Crippen LogP contribution in [0.5, 0.6) is 0 Å². The number of carboxylic acids is 1. The first kappa shape index (κ1) is 17.7. The number of carbonyl (C=O) groups is 2. The van der Waals surface area contributed by atoms with Crippen molar-refractivity contribution in [3.05, 3.63) is 72.8 Å². The predicted octanol–water partition coefficient (Wildman–Crippen LogP) is 4.53. The van der Waals surface area contributed by atoms with Crippen LogP contribution in [-0.2, 0) is 4.79 Å². The number of benzene rings is 3. The predicted molar refractivity (Wildman–Crippen MR) is 104 cm³/mol. The molecule has 0 saturated heterocycles. The maximum atomic E-state index is 13.0. The van der Waals surface area contributed by atoms with E-state index < -0.39 is 12.0 Å².